The van der Waals surface area contributed by atoms with Crippen molar-refractivity contribution in [1.29, 1.82) is 0 Å². The van der Waals surface area contributed by atoms with Crippen LogP contribution in [0.15, 0.2) is 12.2 Å². The SMILES string of the molecule is C=C(C)[C@@H]1CC[C@]2(NCCN3CCN(S(C)(=O)=O)CC3)CC[C@]3(C)[C@H](CC[C@@H]4[C@@]5(C)CC[C@H](OC(=O)CC(C)(C)OC=O)C(C)(C)[C@@H]5CC[C@]43C)[C@@H]12. The molecule has 1 saturated heterocycles. The van der Waals surface area contributed by atoms with Crippen molar-refractivity contribution >= 4 is 22.5 Å². The van der Waals surface area contributed by atoms with Crippen LogP contribution in [-0.2, 0) is 29.1 Å². The van der Waals surface area contributed by atoms with Gasteiger partial charge in [-0.3, -0.25) is 14.5 Å². The Balaban J connectivity index is 1.18. The van der Waals surface area contributed by atoms with Crippen molar-refractivity contribution in [2.45, 2.75) is 143 Å². The maximum atomic E-state index is 13.1. The lowest BCUT2D eigenvalue weighted by molar-refractivity contribution is -0.246. The summed E-state index contributed by atoms with van der Waals surface area (Å²) in [5.41, 5.74) is 1.15. The van der Waals surface area contributed by atoms with Crippen LogP contribution in [0.4, 0.5) is 0 Å². The Morgan fingerprint density at radius 2 is 1.60 bits per heavy atom. The van der Waals surface area contributed by atoms with Gasteiger partial charge in [0.2, 0.25) is 10.0 Å². The Hall–Kier alpha value is -1.49. The molecule has 6 aliphatic rings. The summed E-state index contributed by atoms with van der Waals surface area (Å²) >= 11 is 0. The molecule has 0 radical (unpaired) electrons. The van der Waals surface area contributed by atoms with Gasteiger partial charge in [-0.25, -0.2) is 8.42 Å². The molecule has 9 nitrogen and oxygen atoms in total. The van der Waals surface area contributed by atoms with Gasteiger partial charge >= 0.3 is 5.97 Å². The average Bonchev–Trinajstić information content (AvgIpc) is 3.42. The van der Waals surface area contributed by atoms with Crippen molar-refractivity contribution in [2.75, 3.05) is 45.5 Å². The van der Waals surface area contributed by atoms with Gasteiger partial charge in [-0.05, 0) is 131 Å². The molecule has 1 aliphatic heterocycles. The zero-order valence-electron chi connectivity index (χ0n) is 34.0. The maximum absolute atomic E-state index is 13.1. The van der Waals surface area contributed by atoms with Crippen molar-refractivity contribution in [3.63, 3.8) is 0 Å². The number of nitrogens with zero attached hydrogens (tertiary/aromatic N) is 2. The summed E-state index contributed by atoms with van der Waals surface area (Å²) in [6.45, 7) is 28.1. The summed E-state index contributed by atoms with van der Waals surface area (Å²) < 4.78 is 37.1. The van der Waals surface area contributed by atoms with E-state index in [2.05, 4.69) is 58.3 Å². The third-order valence-electron chi connectivity index (χ3n) is 16.9. The highest BCUT2D eigenvalue weighted by Gasteiger charge is 2.71. The molecule has 5 saturated carbocycles. The van der Waals surface area contributed by atoms with E-state index in [9.17, 15) is 18.0 Å². The van der Waals surface area contributed by atoms with Gasteiger partial charge in [0, 0.05) is 50.2 Å². The van der Waals surface area contributed by atoms with Crippen molar-refractivity contribution in [1.82, 2.24) is 14.5 Å². The summed E-state index contributed by atoms with van der Waals surface area (Å²) in [6, 6.07) is 0. The van der Waals surface area contributed by atoms with Crippen molar-refractivity contribution in [3.05, 3.63) is 12.2 Å². The number of fused-ring (bicyclic) bond motifs is 7. The first-order valence-electron chi connectivity index (χ1n) is 20.5. The summed E-state index contributed by atoms with van der Waals surface area (Å²) in [5.74, 6) is 2.62. The minimum absolute atomic E-state index is 0.0613. The van der Waals surface area contributed by atoms with Crippen LogP contribution >= 0.6 is 0 Å². The van der Waals surface area contributed by atoms with Gasteiger partial charge in [-0.2, -0.15) is 4.31 Å². The molecule has 10 atom stereocenters. The van der Waals surface area contributed by atoms with Crippen LogP contribution in [0.3, 0.4) is 0 Å². The average molecular weight is 746 g/mol. The van der Waals surface area contributed by atoms with Crippen LogP contribution in [0.1, 0.15) is 126 Å². The van der Waals surface area contributed by atoms with Gasteiger partial charge in [0.25, 0.3) is 6.47 Å². The fourth-order valence-electron chi connectivity index (χ4n) is 14.1. The van der Waals surface area contributed by atoms with E-state index in [4.69, 9.17) is 9.47 Å². The van der Waals surface area contributed by atoms with Gasteiger partial charge in [0.1, 0.15) is 11.7 Å². The molecule has 10 heteroatoms. The largest absolute Gasteiger partial charge is 0.462 e. The molecular formula is C42H71N3O6S. The fourth-order valence-corrected chi connectivity index (χ4v) is 14.9. The first kappa shape index (κ1) is 40.2. The first-order valence-corrected chi connectivity index (χ1v) is 22.4. The fraction of sp³-hybridized carbons (Fsp3) is 0.905. The Morgan fingerprint density at radius 3 is 2.23 bits per heavy atom. The predicted octanol–water partition coefficient (Wildman–Crippen LogP) is 6.82. The highest BCUT2D eigenvalue weighted by molar-refractivity contribution is 7.88. The van der Waals surface area contributed by atoms with Crippen LogP contribution < -0.4 is 5.32 Å². The Kier molecular flexibility index (Phi) is 10.8. The van der Waals surface area contributed by atoms with E-state index in [-0.39, 0.29) is 45.7 Å². The minimum atomic E-state index is -3.12. The van der Waals surface area contributed by atoms with Gasteiger partial charge in [0.05, 0.1) is 12.7 Å². The number of ether oxygens (including phenoxy) is 2. The lowest BCUT2D eigenvalue weighted by atomic mass is 9.32. The predicted molar refractivity (Wildman–Crippen MR) is 206 cm³/mol. The maximum Gasteiger partial charge on any atom is 0.310 e. The Bertz CT molecular complexity index is 1490. The standard InChI is InChI=1S/C42H71N3O6S/c1-29(2)30-13-18-42(43-21-22-44-23-25-45(26-24-44)52(10,48)49)20-19-40(8)31(36(30)42)11-12-33-39(7)16-15-34(51-35(47)27-37(3,4)50-28-46)38(5,6)32(39)14-17-41(33,40)9/h28,30-34,36,43H,1,11-27H2,2-10H3/t30-,31+,32-,33+,34-,36+,39-,40+,41+,42-/m0/s1. The quantitative estimate of drug-likeness (QED) is 0.140. The number of sulfonamides is 1. The molecule has 0 bridgehead atoms. The number of allylic oxidation sites excluding steroid dienone is 1. The Morgan fingerprint density at radius 1 is 0.904 bits per heavy atom. The van der Waals surface area contributed by atoms with E-state index in [0.29, 0.717) is 49.2 Å². The molecule has 0 aromatic heterocycles. The van der Waals surface area contributed by atoms with Crippen LogP contribution in [0.5, 0.6) is 0 Å². The topological polar surface area (TPSA) is 105 Å². The van der Waals surface area contributed by atoms with Gasteiger partial charge in [-0.1, -0.05) is 46.8 Å². The molecule has 0 aromatic rings. The number of esters is 1. The van der Waals surface area contributed by atoms with Crippen LogP contribution in [0.25, 0.3) is 0 Å². The van der Waals surface area contributed by atoms with E-state index in [1.165, 1.54) is 56.8 Å². The monoisotopic (exact) mass is 746 g/mol. The van der Waals surface area contributed by atoms with Crippen LogP contribution in [-0.4, -0.2) is 92.8 Å². The molecule has 1 heterocycles. The first-order chi connectivity index (χ1) is 24.1. The lowest BCUT2D eigenvalue weighted by Gasteiger charge is -2.73. The molecule has 0 amide bonds. The summed E-state index contributed by atoms with van der Waals surface area (Å²) in [6.07, 6.45) is 13.0. The Labute approximate surface area is 315 Å². The number of hydrogen-bond acceptors (Lipinski definition) is 8. The zero-order valence-corrected chi connectivity index (χ0v) is 34.8. The van der Waals surface area contributed by atoms with E-state index in [1.807, 2.05) is 0 Å². The molecule has 6 fully saturated rings. The molecule has 6 rings (SSSR count). The van der Waals surface area contributed by atoms with E-state index < -0.39 is 15.6 Å². The molecule has 0 unspecified atom stereocenters. The number of rotatable bonds is 11. The third kappa shape index (κ3) is 6.73. The van der Waals surface area contributed by atoms with Crippen molar-refractivity contribution < 1.29 is 27.5 Å². The van der Waals surface area contributed by atoms with Gasteiger partial charge < -0.3 is 14.8 Å². The summed E-state index contributed by atoms with van der Waals surface area (Å²) in [4.78, 5) is 26.6. The molecule has 0 spiro atoms. The number of nitrogens with one attached hydrogen (secondary N) is 1. The van der Waals surface area contributed by atoms with E-state index in [0.717, 1.165) is 45.4 Å². The third-order valence-corrected chi connectivity index (χ3v) is 18.2. The van der Waals surface area contributed by atoms with Gasteiger partial charge in [-0.15, -0.1) is 0 Å². The number of carbonyl (C=O) groups is 2. The minimum Gasteiger partial charge on any atom is -0.462 e. The molecule has 0 aromatic carbocycles. The van der Waals surface area contributed by atoms with Gasteiger partial charge in [0.15, 0.2) is 0 Å². The normalized spacial score (nSPS) is 42.2. The molecule has 5 aliphatic carbocycles. The second kappa shape index (κ2) is 13.9. The smallest absolute Gasteiger partial charge is 0.310 e. The van der Waals surface area contributed by atoms with Crippen LogP contribution in [0, 0.1) is 51.2 Å². The second-order valence-corrected chi connectivity index (χ2v) is 22.2. The molecule has 52 heavy (non-hydrogen) atoms. The number of carbonyl (C=O) groups excluding carboxylic acids is 2. The lowest BCUT2D eigenvalue weighted by Crippen LogP contribution is -2.69. The molecular weight excluding hydrogens is 675 g/mol. The van der Waals surface area contributed by atoms with Crippen LogP contribution in [0.2, 0.25) is 0 Å². The second-order valence-electron chi connectivity index (χ2n) is 20.3. The van der Waals surface area contributed by atoms with Crippen molar-refractivity contribution in [2.24, 2.45) is 51.2 Å². The van der Waals surface area contributed by atoms with Crippen molar-refractivity contribution in [3.8, 4) is 0 Å². The highest BCUT2D eigenvalue weighted by Crippen LogP contribution is 2.76. The summed E-state index contributed by atoms with van der Waals surface area (Å²) in [5, 5.41) is 4.23. The molecule has 1 N–H and O–H groups in total. The highest BCUT2D eigenvalue weighted by atomic mass is 32.2. The molecule has 296 valence electrons. The van der Waals surface area contributed by atoms with E-state index in [1.54, 1.807) is 18.2 Å². The zero-order chi connectivity index (χ0) is 38.1. The van der Waals surface area contributed by atoms with E-state index >= 15 is 0 Å². The summed E-state index contributed by atoms with van der Waals surface area (Å²) in [7, 11) is -3.12. The number of hydrogen-bond donors (Lipinski definition) is 1. The number of piperazine rings is 1.